The van der Waals surface area contributed by atoms with Crippen LogP contribution in [-0.2, 0) is 4.79 Å². The van der Waals surface area contributed by atoms with Crippen molar-refractivity contribution in [3.05, 3.63) is 0 Å². The zero-order chi connectivity index (χ0) is 7.56. The van der Waals surface area contributed by atoms with Gasteiger partial charge in [-0.1, -0.05) is 0 Å². The Hall–Kier alpha value is -0.370. The fourth-order valence-electron chi connectivity index (χ4n) is 1.47. The molecule has 0 heterocycles. The Morgan fingerprint density at radius 1 is 1.70 bits per heavy atom. The first-order valence-electron chi connectivity index (χ1n) is 3.90. The molecule has 0 aromatic carbocycles. The van der Waals surface area contributed by atoms with Gasteiger partial charge in [-0.25, -0.2) is 0 Å². The molecule has 1 N–H and O–H groups in total. The van der Waals surface area contributed by atoms with Crippen LogP contribution in [0.1, 0.15) is 32.6 Å². The highest BCUT2D eigenvalue weighted by molar-refractivity contribution is 5.79. The molecule has 1 rings (SSSR count). The number of ketones is 1. The van der Waals surface area contributed by atoms with E-state index in [1.165, 1.54) is 0 Å². The van der Waals surface area contributed by atoms with Gasteiger partial charge < -0.3 is 5.11 Å². The Labute approximate surface area is 61.2 Å². The lowest BCUT2D eigenvalue weighted by atomic mass is 9.85. The van der Waals surface area contributed by atoms with Crippen LogP contribution in [-0.4, -0.2) is 17.0 Å². The molecular weight excluding hydrogens is 128 g/mol. The van der Waals surface area contributed by atoms with E-state index in [9.17, 15) is 4.79 Å². The molecule has 0 saturated heterocycles. The number of rotatable bonds is 1. The van der Waals surface area contributed by atoms with E-state index >= 15 is 0 Å². The van der Waals surface area contributed by atoms with Gasteiger partial charge in [-0.05, 0) is 25.7 Å². The maximum Gasteiger partial charge on any atom is 0.133 e. The topological polar surface area (TPSA) is 37.3 Å². The summed E-state index contributed by atoms with van der Waals surface area (Å²) in [4.78, 5) is 10.9. The van der Waals surface area contributed by atoms with Crippen molar-refractivity contribution < 1.29 is 9.90 Å². The summed E-state index contributed by atoms with van der Waals surface area (Å²) < 4.78 is 0. The van der Waals surface area contributed by atoms with Gasteiger partial charge in [-0.15, -0.1) is 0 Å². The van der Waals surface area contributed by atoms with Crippen LogP contribution in [0.25, 0.3) is 0 Å². The van der Waals surface area contributed by atoms with Gasteiger partial charge in [0.15, 0.2) is 0 Å². The highest BCUT2D eigenvalue weighted by Crippen LogP contribution is 2.23. The van der Waals surface area contributed by atoms with E-state index in [-0.39, 0.29) is 12.0 Å². The molecule has 1 fully saturated rings. The lowest BCUT2D eigenvalue weighted by Gasteiger charge is -2.22. The van der Waals surface area contributed by atoms with Crippen molar-refractivity contribution in [2.24, 2.45) is 5.92 Å². The van der Waals surface area contributed by atoms with E-state index < -0.39 is 0 Å². The van der Waals surface area contributed by atoms with Crippen molar-refractivity contribution in [2.45, 2.75) is 38.7 Å². The molecule has 0 amide bonds. The molecule has 10 heavy (non-hydrogen) atoms. The monoisotopic (exact) mass is 142 g/mol. The number of aliphatic hydroxyl groups excluding tert-OH is 1. The summed E-state index contributed by atoms with van der Waals surface area (Å²) in [5.41, 5.74) is 0. The highest BCUT2D eigenvalue weighted by Gasteiger charge is 2.22. The van der Waals surface area contributed by atoms with Crippen LogP contribution in [0.4, 0.5) is 0 Å². The normalized spacial score (nSPS) is 30.2. The zero-order valence-electron chi connectivity index (χ0n) is 6.34. The van der Waals surface area contributed by atoms with E-state index in [0.717, 1.165) is 19.3 Å². The minimum atomic E-state index is -0.302. The van der Waals surface area contributed by atoms with Gasteiger partial charge in [-0.2, -0.15) is 0 Å². The van der Waals surface area contributed by atoms with E-state index in [1.807, 2.05) is 0 Å². The summed E-state index contributed by atoms with van der Waals surface area (Å²) in [5.74, 6) is 0.554. The number of aliphatic hydroxyl groups is 1. The lowest BCUT2D eigenvalue weighted by molar-refractivity contribution is -0.122. The van der Waals surface area contributed by atoms with Crippen LogP contribution < -0.4 is 0 Å². The molecule has 0 aromatic heterocycles. The molecule has 0 aliphatic heterocycles. The van der Waals surface area contributed by atoms with Crippen LogP contribution >= 0.6 is 0 Å². The molecule has 1 aliphatic carbocycles. The van der Waals surface area contributed by atoms with Gasteiger partial charge in [0.2, 0.25) is 0 Å². The second kappa shape index (κ2) is 3.15. The molecule has 2 unspecified atom stereocenters. The van der Waals surface area contributed by atoms with Crippen LogP contribution in [0.3, 0.4) is 0 Å². The van der Waals surface area contributed by atoms with Gasteiger partial charge in [0.05, 0.1) is 6.10 Å². The number of Topliss-reactive ketones (excluding diaryl/α,β-unsaturated/α-hetero) is 1. The molecule has 1 aliphatic rings. The average Bonchev–Trinajstić information content (AvgIpc) is 1.88. The van der Waals surface area contributed by atoms with Crippen LogP contribution in [0.5, 0.6) is 0 Å². The Morgan fingerprint density at radius 3 is 2.80 bits per heavy atom. The summed E-state index contributed by atoms with van der Waals surface area (Å²) in [6, 6.07) is 0. The van der Waals surface area contributed by atoms with E-state index in [0.29, 0.717) is 12.2 Å². The molecule has 0 radical (unpaired) electrons. The van der Waals surface area contributed by atoms with Crippen LogP contribution in [0.2, 0.25) is 0 Å². The maximum atomic E-state index is 10.9. The predicted octanol–water partition coefficient (Wildman–Crippen LogP) is 1.13. The molecule has 0 bridgehead atoms. The molecular formula is C8H14O2. The maximum absolute atomic E-state index is 10.9. The molecule has 1 saturated carbocycles. The summed E-state index contributed by atoms with van der Waals surface area (Å²) >= 11 is 0. The van der Waals surface area contributed by atoms with Crippen molar-refractivity contribution in [2.75, 3.05) is 0 Å². The Morgan fingerprint density at radius 2 is 2.40 bits per heavy atom. The van der Waals surface area contributed by atoms with Crippen molar-refractivity contribution in [3.8, 4) is 0 Å². The second-order valence-corrected chi connectivity index (χ2v) is 3.14. The number of carbonyl (C=O) groups excluding carboxylic acids is 1. The van der Waals surface area contributed by atoms with E-state index in [2.05, 4.69) is 0 Å². The molecule has 2 heteroatoms. The lowest BCUT2D eigenvalue weighted by Crippen LogP contribution is -2.24. The number of carbonyl (C=O) groups is 1. The zero-order valence-corrected chi connectivity index (χ0v) is 6.34. The van der Waals surface area contributed by atoms with Crippen LogP contribution in [0, 0.1) is 5.92 Å². The Balaban J connectivity index is 2.39. The SMILES string of the molecule is CC(O)C1CCCC(=O)C1. The van der Waals surface area contributed by atoms with Crippen molar-refractivity contribution >= 4 is 5.78 Å². The summed E-state index contributed by atoms with van der Waals surface area (Å²) in [5, 5.41) is 9.14. The second-order valence-electron chi connectivity index (χ2n) is 3.14. The molecule has 58 valence electrons. The predicted molar refractivity (Wildman–Crippen MR) is 38.6 cm³/mol. The molecule has 2 atom stereocenters. The van der Waals surface area contributed by atoms with Gasteiger partial charge >= 0.3 is 0 Å². The Bertz CT molecular complexity index is 129. The van der Waals surface area contributed by atoms with Crippen molar-refractivity contribution in [1.29, 1.82) is 0 Å². The quantitative estimate of drug-likeness (QED) is 0.595. The highest BCUT2D eigenvalue weighted by atomic mass is 16.3. The van der Waals surface area contributed by atoms with Crippen molar-refractivity contribution in [3.63, 3.8) is 0 Å². The van der Waals surface area contributed by atoms with E-state index in [1.54, 1.807) is 6.92 Å². The largest absolute Gasteiger partial charge is 0.393 e. The third-order valence-corrected chi connectivity index (χ3v) is 2.20. The fraction of sp³-hybridized carbons (Fsp3) is 0.875. The van der Waals surface area contributed by atoms with Crippen LogP contribution in [0.15, 0.2) is 0 Å². The van der Waals surface area contributed by atoms with Gasteiger partial charge in [0.1, 0.15) is 5.78 Å². The van der Waals surface area contributed by atoms with Gasteiger partial charge in [0.25, 0.3) is 0 Å². The first-order chi connectivity index (χ1) is 4.70. The van der Waals surface area contributed by atoms with E-state index in [4.69, 9.17) is 5.11 Å². The smallest absolute Gasteiger partial charge is 0.133 e. The summed E-state index contributed by atoms with van der Waals surface area (Å²) in [6.45, 7) is 1.77. The minimum absolute atomic E-state index is 0.237. The van der Waals surface area contributed by atoms with Crippen molar-refractivity contribution in [1.82, 2.24) is 0 Å². The summed E-state index contributed by atoms with van der Waals surface area (Å²) in [7, 11) is 0. The fourth-order valence-corrected chi connectivity index (χ4v) is 1.47. The third kappa shape index (κ3) is 1.81. The third-order valence-electron chi connectivity index (χ3n) is 2.20. The minimum Gasteiger partial charge on any atom is -0.393 e. The standard InChI is InChI=1S/C8H14O2/c1-6(9)7-3-2-4-8(10)5-7/h6-7,9H,2-5H2,1H3. The summed E-state index contributed by atoms with van der Waals surface area (Å²) in [6.07, 6.45) is 3.00. The first kappa shape index (κ1) is 7.73. The molecule has 0 aromatic rings. The number of hydrogen-bond acceptors (Lipinski definition) is 2. The molecule has 2 nitrogen and oxygen atoms in total. The average molecular weight is 142 g/mol. The van der Waals surface area contributed by atoms with Gasteiger partial charge in [0, 0.05) is 12.8 Å². The number of hydrogen-bond donors (Lipinski definition) is 1. The Kier molecular flexibility index (Phi) is 2.44. The first-order valence-corrected chi connectivity index (χ1v) is 3.90. The molecule has 0 spiro atoms. The van der Waals surface area contributed by atoms with Gasteiger partial charge in [-0.3, -0.25) is 4.79 Å².